The van der Waals surface area contributed by atoms with Crippen LogP contribution in [-0.2, 0) is 9.53 Å². The summed E-state index contributed by atoms with van der Waals surface area (Å²) in [6.45, 7) is 6.38. The van der Waals surface area contributed by atoms with Crippen LogP contribution in [0.4, 0.5) is 0 Å². The smallest absolute Gasteiger partial charge is 0.271 e. The lowest BCUT2D eigenvalue weighted by Gasteiger charge is -2.33. The van der Waals surface area contributed by atoms with Crippen molar-refractivity contribution in [2.24, 2.45) is 0 Å². The number of amides is 2. The van der Waals surface area contributed by atoms with Gasteiger partial charge in [0.15, 0.2) is 0 Å². The minimum absolute atomic E-state index is 0.0212. The molecule has 1 atom stereocenters. The number of carbonyl (C=O) groups is 2. The Hall–Kier alpha value is -3.10. The van der Waals surface area contributed by atoms with Crippen LogP contribution < -0.4 is 5.32 Å². The highest BCUT2D eigenvalue weighted by atomic mass is 32.1. The van der Waals surface area contributed by atoms with Crippen molar-refractivity contribution < 1.29 is 14.3 Å². The molecule has 0 saturated heterocycles. The second-order valence-electron chi connectivity index (χ2n) is 10.3. The fraction of sp³-hybridized carbons (Fsp3) is 0.407. The summed E-state index contributed by atoms with van der Waals surface area (Å²) in [6, 6.07) is 6.13. The van der Waals surface area contributed by atoms with E-state index in [9.17, 15) is 9.59 Å². The first kappa shape index (κ1) is 25.0. The lowest BCUT2D eigenvalue weighted by molar-refractivity contribution is -0.121. The SMILES string of the molecule is COC1=C(NC(=O)CN(C)C)CC2C(=C1)C=Cn1c(C(=O)N(C)C(C)(C)C)cc(-c3cccs3)c12. The van der Waals surface area contributed by atoms with E-state index < -0.39 is 0 Å². The summed E-state index contributed by atoms with van der Waals surface area (Å²) in [5.41, 5.74) is 4.29. The Labute approximate surface area is 211 Å². The third-order valence-corrected chi connectivity index (χ3v) is 7.42. The highest BCUT2D eigenvalue weighted by molar-refractivity contribution is 7.13. The number of thiophene rings is 1. The van der Waals surface area contributed by atoms with Crippen LogP contribution in [0.3, 0.4) is 0 Å². The molecule has 1 aliphatic carbocycles. The lowest BCUT2D eigenvalue weighted by atomic mass is 9.83. The number of methoxy groups -OCH3 is 1. The van der Waals surface area contributed by atoms with Crippen molar-refractivity contribution >= 4 is 29.4 Å². The first-order valence-corrected chi connectivity index (χ1v) is 12.6. The van der Waals surface area contributed by atoms with E-state index in [1.54, 1.807) is 23.3 Å². The van der Waals surface area contributed by atoms with Crippen LogP contribution in [0.15, 0.2) is 52.8 Å². The molecular weight excluding hydrogens is 460 g/mol. The van der Waals surface area contributed by atoms with Gasteiger partial charge in [0.2, 0.25) is 5.91 Å². The maximum absolute atomic E-state index is 13.6. The molecule has 0 radical (unpaired) electrons. The predicted molar refractivity (Wildman–Crippen MR) is 141 cm³/mol. The van der Waals surface area contributed by atoms with Crippen LogP contribution in [0, 0.1) is 0 Å². The summed E-state index contributed by atoms with van der Waals surface area (Å²) in [5, 5.41) is 5.11. The van der Waals surface area contributed by atoms with Crippen molar-refractivity contribution in [2.45, 2.75) is 38.6 Å². The van der Waals surface area contributed by atoms with Crippen LogP contribution in [-0.4, -0.2) is 66.5 Å². The molecule has 2 aromatic rings. The Bertz CT molecular complexity index is 1230. The standard InChI is InChI=1S/C27H34N4O3S/c1-27(2,3)30(6)26(33)21-15-19(23-9-8-12-35-23)25-18-14-20(28-24(32)16-29(4)5)22(34-7)13-17(18)10-11-31(21)25/h8-13,15,18H,14,16H2,1-7H3,(H,28,32). The van der Waals surface area contributed by atoms with Crippen LogP contribution in [0.2, 0.25) is 0 Å². The first-order chi connectivity index (χ1) is 16.5. The van der Waals surface area contributed by atoms with E-state index in [1.165, 1.54) is 0 Å². The number of hydrogen-bond acceptors (Lipinski definition) is 5. The summed E-state index contributed by atoms with van der Waals surface area (Å²) >= 11 is 1.66. The van der Waals surface area contributed by atoms with Gasteiger partial charge in [0.25, 0.3) is 5.91 Å². The number of hydrogen-bond donors (Lipinski definition) is 1. The van der Waals surface area contributed by atoms with Crippen LogP contribution in [0.25, 0.3) is 16.6 Å². The second kappa shape index (κ2) is 9.51. The Morgan fingerprint density at radius 3 is 2.60 bits per heavy atom. The Kier molecular flexibility index (Phi) is 6.79. The Morgan fingerprint density at radius 1 is 1.26 bits per heavy atom. The third kappa shape index (κ3) is 4.86. The van der Waals surface area contributed by atoms with Crippen LogP contribution in [0.5, 0.6) is 0 Å². The van der Waals surface area contributed by atoms with E-state index in [-0.39, 0.29) is 29.8 Å². The molecule has 2 amide bonds. The molecule has 0 saturated carbocycles. The summed E-state index contributed by atoms with van der Waals surface area (Å²) in [7, 11) is 7.19. The third-order valence-electron chi connectivity index (χ3n) is 6.51. The maximum Gasteiger partial charge on any atom is 0.271 e. The number of fused-ring (bicyclic) bond motifs is 3. The van der Waals surface area contributed by atoms with Gasteiger partial charge in [0, 0.05) is 47.3 Å². The molecule has 4 rings (SSSR count). The monoisotopic (exact) mass is 494 g/mol. The van der Waals surface area contributed by atoms with Gasteiger partial charge in [-0.1, -0.05) is 6.07 Å². The number of aromatic nitrogens is 1. The zero-order valence-corrected chi connectivity index (χ0v) is 22.3. The van der Waals surface area contributed by atoms with Gasteiger partial charge in [0.05, 0.1) is 19.4 Å². The molecule has 0 spiro atoms. The average molecular weight is 495 g/mol. The van der Waals surface area contributed by atoms with Gasteiger partial charge in [-0.3, -0.25) is 9.59 Å². The van der Waals surface area contributed by atoms with E-state index in [2.05, 4.69) is 11.4 Å². The number of nitrogens with zero attached hydrogens (tertiary/aromatic N) is 3. The fourth-order valence-electron chi connectivity index (χ4n) is 4.46. The molecule has 7 nitrogen and oxygen atoms in total. The summed E-state index contributed by atoms with van der Waals surface area (Å²) < 4.78 is 7.66. The number of rotatable bonds is 6. The Morgan fingerprint density at radius 2 is 2.00 bits per heavy atom. The molecule has 8 heteroatoms. The van der Waals surface area contributed by atoms with Crippen molar-refractivity contribution in [2.75, 3.05) is 34.8 Å². The molecule has 1 unspecified atom stereocenters. The molecule has 0 aromatic carbocycles. The topological polar surface area (TPSA) is 66.8 Å². The molecule has 1 N–H and O–H groups in total. The number of nitrogens with one attached hydrogen (secondary N) is 1. The zero-order chi connectivity index (χ0) is 25.5. The van der Waals surface area contributed by atoms with Gasteiger partial charge in [-0.15, -0.1) is 11.3 Å². The number of likely N-dealkylation sites (N-methyl/N-ethyl adjacent to an activating group) is 1. The summed E-state index contributed by atoms with van der Waals surface area (Å²) in [4.78, 5) is 30.9. The Balaban J connectivity index is 1.80. The van der Waals surface area contributed by atoms with Crippen molar-refractivity contribution in [1.29, 1.82) is 0 Å². The number of carbonyl (C=O) groups excluding carboxylic acids is 2. The molecule has 2 aromatic heterocycles. The molecule has 2 aliphatic rings. The van der Waals surface area contributed by atoms with Crippen molar-refractivity contribution in [3.63, 3.8) is 0 Å². The minimum atomic E-state index is -0.306. The zero-order valence-electron chi connectivity index (χ0n) is 21.5. The molecule has 0 bridgehead atoms. The predicted octanol–water partition coefficient (Wildman–Crippen LogP) is 4.52. The quantitative estimate of drug-likeness (QED) is 0.641. The summed E-state index contributed by atoms with van der Waals surface area (Å²) in [6.07, 6.45) is 6.58. The van der Waals surface area contributed by atoms with Crippen LogP contribution >= 0.6 is 11.3 Å². The highest BCUT2D eigenvalue weighted by Crippen LogP contribution is 2.46. The van der Waals surface area contributed by atoms with Gasteiger partial charge in [0.1, 0.15) is 11.5 Å². The maximum atomic E-state index is 13.6. The molecule has 1 aliphatic heterocycles. The van der Waals surface area contributed by atoms with Gasteiger partial charge < -0.3 is 24.4 Å². The van der Waals surface area contributed by atoms with Crippen LogP contribution in [0.1, 0.15) is 49.3 Å². The van der Waals surface area contributed by atoms with E-state index in [0.29, 0.717) is 17.9 Å². The molecule has 186 valence electrons. The van der Waals surface area contributed by atoms with Crippen molar-refractivity contribution in [1.82, 2.24) is 19.7 Å². The summed E-state index contributed by atoms with van der Waals surface area (Å²) in [5.74, 6) is 0.531. The largest absolute Gasteiger partial charge is 0.495 e. The molecule has 0 fully saturated rings. The van der Waals surface area contributed by atoms with Gasteiger partial charge >= 0.3 is 0 Å². The van der Waals surface area contributed by atoms with E-state index in [0.717, 1.165) is 27.4 Å². The lowest BCUT2D eigenvalue weighted by Crippen LogP contribution is -2.43. The van der Waals surface area contributed by atoms with Gasteiger partial charge in [-0.05, 0) is 70.1 Å². The normalized spacial score (nSPS) is 17.1. The average Bonchev–Trinajstić information content (AvgIpc) is 3.44. The fourth-order valence-corrected chi connectivity index (χ4v) is 5.21. The second-order valence-corrected chi connectivity index (χ2v) is 11.2. The minimum Gasteiger partial charge on any atom is -0.495 e. The van der Waals surface area contributed by atoms with E-state index in [1.807, 2.05) is 87.2 Å². The first-order valence-electron chi connectivity index (χ1n) is 11.7. The highest BCUT2D eigenvalue weighted by Gasteiger charge is 2.35. The van der Waals surface area contributed by atoms with E-state index >= 15 is 0 Å². The number of allylic oxidation sites excluding steroid dienone is 4. The van der Waals surface area contributed by atoms with Gasteiger partial charge in [-0.2, -0.15) is 0 Å². The molecular formula is C27H34N4O3S. The van der Waals surface area contributed by atoms with Gasteiger partial charge in [-0.25, -0.2) is 0 Å². The molecule has 35 heavy (non-hydrogen) atoms. The van der Waals surface area contributed by atoms with Crippen molar-refractivity contribution in [3.8, 4) is 10.4 Å². The van der Waals surface area contributed by atoms with Crippen molar-refractivity contribution in [3.05, 3.63) is 64.1 Å². The van der Waals surface area contributed by atoms with E-state index in [4.69, 9.17) is 4.74 Å². The molecule has 3 heterocycles. The number of ether oxygens (including phenoxy) is 1.